The maximum Gasteiger partial charge on any atom is 0.326 e. The maximum absolute atomic E-state index is 13.3. The number of aliphatic imine (C=N–C) groups is 1. The topological polar surface area (TPSA) is 257 Å². The fourth-order valence-electron chi connectivity index (χ4n) is 4.09. The summed E-state index contributed by atoms with van der Waals surface area (Å²) in [5, 5.41) is 18.1. The summed E-state index contributed by atoms with van der Waals surface area (Å²) in [5.41, 5.74) is 23.8. The molecule has 2 rings (SSSR count). The second-order valence-electron chi connectivity index (χ2n) is 9.59. The lowest BCUT2D eigenvalue weighted by Crippen LogP contribution is -2.56. The van der Waals surface area contributed by atoms with Crippen LogP contribution in [0.25, 0.3) is 10.9 Å². The smallest absolute Gasteiger partial charge is 0.326 e. The molecule has 0 aliphatic rings. The first kappa shape index (κ1) is 32.0. The first-order valence-electron chi connectivity index (χ1n) is 13.2. The molecule has 0 fully saturated rings. The van der Waals surface area contributed by atoms with E-state index in [1.807, 2.05) is 24.3 Å². The van der Waals surface area contributed by atoms with Gasteiger partial charge >= 0.3 is 5.97 Å². The molecule has 1 heterocycles. The molecule has 0 radical (unpaired) electrons. The van der Waals surface area contributed by atoms with E-state index in [4.69, 9.17) is 22.9 Å². The summed E-state index contributed by atoms with van der Waals surface area (Å²) in [6, 6.07) is 3.34. The number of carbonyl (C=O) groups excluding carboxylic acids is 3. The second kappa shape index (κ2) is 16.1. The highest BCUT2D eigenvalue weighted by Gasteiger charge is 2.29. The first-order valence-corrected chi connectivity index (χ1v) is 13.2. The number of aliphatic carboxylic acids is 1. The highest BCUT2D eigenvalue weighted by atomic mass is 16.4. The monoisotopic (exact) mass is 559 g/mol. The minimum Gasteiger partial charge on any atom is -0.480 e. The fourth-order valence-corrected chi connectivity index (χ4v) is 4.09. The molecule has 4 atom stereocenters. The molecule has 0 aliphatic carbocycles. The number of nitrogens with zero attached hydrogens (tertiary/aromatic N) is 1. The van der Waals surface area contributed by atoms with Crippen LogP contribution >= 0.6 is 0 Å². The summed E-state index contributed by atoms with van der Waals surface area (Å²) in [7, 11) is 0. The summed E-state index contributed by atoms with van der Waals surface area (Å²) in [5.74, 6) is -3.07. The molecular formula is C26H41N9O5. The lowest BCUT2D eigenvalue weighted by atomic mass is 10.0. The van der Waals surface area contributed by atoms with Crippen molar-refractivity contribution in [2.45, 2.75) is 69.6 Å². The molecule has 0 saturated carbocycles. The average molecular weight is 560 g/mol. The molecule has 0 spiro atoms. The van der Waals surface area contributed by atoms with Gasteiger partial charge in [-0.3, -0.25) is 19.4 Å². The van der Waals surface area contributed by atoms with Gasteiger partial charge in [-0.25, -0.2) is 4.79 Å². The van der Waals surface area contributed by atoms with Gasteiger partial charge in [-0.15, -0.1) is 0 Å². The zero-order valence-corrected chi connectivity index (χ0v) is 22.7. The Morgan fingerprint density at radius 1 is 0.950 bits per heavy atom. The van der Waals surface area contributed by atoms with Crippen LogP contribution in [0.5, 0.6) is 0 Å². The third-order valence-electron chi connectivity index (χ3n) is 6.35. The molecule has 3 amide bonds. The molecule has 4 unspecified atom stereocenters. The van der Waals surface area contributed by atoms with Crippen molar-refractivity contribution >= 4 is 40.6 Å². The van der Waals surface area contributed by atoms with Gasteiger partial charge in [0.05, 0.1) is 6.04 Å². The van der Waals surface area contributed by atoms with Gasteiger partial charge in [0, 0.05) is 30.1 Å². The van der Waals surface area contributed by atoms with Gasteiger partial charge in [-0.2, -0.15) is 0 Å². The Morgan fingerprint density at radius 2 is 1.65 bits per heavy atom. The van der Waals surface area contributed by atoms with Crippen LogP contribution < -0.4 is 38.9 Å². The number of rotatable bonds is 17. The van der Waals surface area contributed by atoms with Gasteiger partial charge in [-0.1, -0.05) is 18.2 Å². The number of H-pyrrole nitrogens is 1. The van der Waals surface area contributed by atoms with E-state index in [2.05, 4.69) is 25.9 Å². The third kappa shape index (κ3) is 10.2. The molecule has 1 aromatic heterocycles. The Labute approximate surface area is 232 Å². The quantitative estimate of drug-likeness (QED) is 0.0638. The minimum atomic E-state index is -1.18. The molecule has 0 saturated heterocycles. The predicted molar refractivity (Wildman–Crippen MR) is 152 cm³/mol. The third-order valence-corrected chi connectivity index (χ3v) is 6.35. The summed E-state index contributed by atoms with van der Waals surface area (Å²) in [4.78, 5) is 57.5. The fraction of sp³-hybridized carbons (Fsp3) is 0.500. The van der Waals surface area contributed by atoms with E-state index < -0.39 is 47.9 Å². The van der Waals surface area contributed by atoms with Crippen molar-refractivity contribution < 1.29 is 24.3 Å². The van der Waals surface area contributed by atoms with Crippen molar-refractivity contribution in [3.8, 4) is 0 Å². The number of unbranched alkanes of at least 4 members (excludes halogenated alkanes) is 1. The van der Waals surface area contributed by atoms with E-state index in [1.165, 1.54) is 6.92 Å². The number of hydrogen-bond acceptors (Lipinski definition) is 7. The number of hydrogen-bond donors (Lipinski definition) is 9. The summed E-state index contributed by atoms with van der Waals surface area (Å²) >= 11 is 0. The van der Waals surface area contributed by atoms with E-state index in [-0.39, 0.29) is 25.2 Å². The van der Waals surface area contributed by atoms with Gasteiger partial charge < -0.3 is 49.0 Å². The SMILES string of the molecule is CC(NC(=O)C(Cc1c[nH]c2ccccc12)NC(=O)C(N)CCCN=C(N)N)C(=O)NC(CCCCN)C(=O)O. The molecule has 14 nitrogen and oxygen atoms in total. The number of para-hydroxylation sites is 1. The number of amides is 3. The van der Waals surface area contributed by atoms with Crippen molar-refractivity contribution in [1.29, 1.82) is 0 Å². The number of nitrogens with one attached hydrogen (secondary N) is 4. The average Bonchev–Trinajstić information content (AvgIpc) is 3.32. The number of aromatic amines is 1. The van der Waals surface area contributed by atoms with E-state index in [0.717, 1.165) is 16.5 Å². The number of carboxylic acids is 1. The van der Waals surface area contributed by atoms with Gasteiger partial charge in [0.25, 0.3) is 0 Å². The van der Waals surface area contributed by atoms with Crippen LogP contribution in [-0.4, -0.2) is 77.0 Å². The van der Waals surface area contributed by atoms with Crippen LogP contribution in [0.4, 0.5) is 0 Å². The van der Waals surface area contributed by atoms with E-state index in [1.54, 1.807) is 6.20 Å². The predicted octanol–water partition coefficient (Wildman–Crippen LogP) is -1.22. The van der Waals surface area contributed by atoms with Crippen LogP contribution in [0.1, 0.15) is 44.6 Å². The number of fused-ring (bicyclic) bond motifs is 1. The zero-order valence-electron chi connectivity index (χ0n) is 22.7. The Morgan fingerprint density at radius 3 is 2.33 bits per heavy atom. The van der Waals surface area contributed by atoms with Gasteiger partial charge in [0.2, 0.25) is 17.7 Å². The molecule has 220 valence electrons. The summed E-state index contributed by atoms with van der Waals surface area (Å²) < 4.78 is 0. The van der Waals surface area contributed by atoms with E-state index in [9.17, 15) is 24.3 Å². The van der Waals surface area contributed by atoms with Crippen LogP contribution in [0, 0.1) is 0 Å². The van der Waals surface area contributed by atoms with Gasteiger partial charge in [0.1, 0.15) is 18.1 Å². The number of carboxylic acid groups (broad SMARTS) is 1. The van der Waals surface area contributed by atoms with Crippen molar-refractivity contribution in [3.05, 3.63) is 36.0 Å². The van der Waals surface area contributed by atoms with Crippen LogP contribution in [-0.2, 0) is 25.6 Å². The molecular weight excluding hydrogens is 518 g/mol. The van der Waals surface area contributed by atoms with E-state index >= 15 is 0 Å². The Balaban J connectivity index is 2.12. The maximum atomic E-state index is 13.3. The van der Waals surface area contributed by atoms with Crippen LogP contribution in [0.15, 0.2) is 35.5 Å². The second-order valence-corrected chi connectivity index (χ2v) is 9.59. The Bertz CT molecular complexity index is 1180. The number of aromatic nitrogens is 1. The molecule has 0 aliphatic heterocycles. The molecule has 14 heteroatoms. The van der Waals surface area contributed by atoms with Crippen molar-refractivity contribution in [3.63, 3.8) is 0 Å². The number of carbonyl (C=O) groups is 4. The molecule has 1 aromatic carbocycles. The van der Waals surface area contributed by atoms with Crippen molar-refractivity contribution in [2.24, 2.45) is 27.9 Å². The first-order chi connectivity index (χ1) is 19.0. The van der Waals surface area contributed by atoms with Crippen LogP contribution in [0.2, 0.25) is 0 Å². The van der Waals surface area contributed by atoms with Gasteiger partial charge in [-0.05, 0) is 57.2 Å². The molecule has 13 N–H and O–H groups in total. The van der Waals surface area contributed by atoms with Crippen molar-refractivity contribution in [2.75, 3.05) is 13.1 Å². The normalized spacial score (nSPS) is 14.0. The highest BCUT2D eigenvalue weighted by molar-refractivity contribution is 5.94. The summed E-state index contributed by atoms with van der Waals surface area (Å²) in [6.45, 7) is 2.15. The zero-order chi connectivity index (χ0) is 29.7. The summed E-state index contributed by atoms with van der Waals surface area (Å²) in [6.07, 6.45) is 3.97. The molecule has 2 aromatic rings. The standard InChI is InChI=1S/C26H41N9O5/c1-15(22(36)34-20(25(39)40)10-4-5-11-27)33-24(38)21(13-16-14-32-19-9-3-2-7-17(16)19)35-23(37)18(28)8-6-12-31-26(29)30/h2-3,7,9,14-15,18,20-21,32H,4-6,8,10-13,27-28H2,1H3,(H,33,38)(H,34,36)(H,35,37)(H,39,40)(H4,29,30,31). The van der Waals surface area contributed by atoms with Crippen LogP contribution in [0.3, 0.4) is 0 Å². The Hall–Kier alpha value is -4.17. The number of guanidine groups is 1. The lowest BCUT2D eigenvalue weighted by Gasteiger charge is -2.23. The highest BCUT2D eigenvalue weighted by Crippen LogP contribution is 2.19. The van der Waals surface area contributed by atoms with E-state index in [0.29, 0.717) is 32.4 Å². The lowest BCUT2D eigenvalue weighted by molar-refractivity contribution is -0.142. The largest absolute Gasteiger partial charge is 0.480 e. The van der Waals surface area contributed by atoms with Gasteiger partial charge in [0.15, 0.2) is 5.96 Å². The number of nitrogens with two attached hydrogens (primary N) is 4. The minimum absolute atomic E-state index is 0.0584. The number of benzene rings is 1. The Kier molecular flexibility index (Phi) is 12.9. The molecule has 40 heavy (non-hydrogen) atoms. The van der Waals surface area contributed by atoms with Crippen molar-refractivity contribution in [1.82, 2.24) is 20.9 Å². The molecule has 0 bridgehead atoms.